The lowest BCUT2D eigenvalue weighted by Gasteiger charge is -2.36. The van der Waals surface area contributed by atoms with Crippen molar-refractivity contribution in [3.63, 3.8) is 0 Å². The minimum atomic E-state index is -1.50. The first-order chi connectivity index (χ1) is 16.6. The molecule has 4 aromatic rings. The van der Waals surface area contributed by atoms with E-state index in [0.717, 1.165) is 33.8 Å². The standard InChI is InChI=1S/C28H27BO5/c1-32-26-16-10-23(11-17-26)28(22-6-4-3-5-7-22,24-12-18-27(33-2)19-13-24)34-20-21-8-14-25(15-9-21)29(30)31/h3-19,30-31H,20H2,1-2H3. The fourth-order valence-electron chi connectivity index (χ4n) is 4.05. The molecule has 0 fully saturated rings. The van der Waals surface area contributed by atoms with Gasteiger partial charge in [0.15, 0.2) is 0 Å². The van der Waals surface area contributed by atoms with Gasteiger partial charge in [0.05, 0.1) is 20.8 Å². The molecule has 0 spiro atoms. The summed E-state index contributed by atoms with van der Waals surface area (Å²) in [5.41, 5.74) is 3.32. The van der Waals surface area contributed by atoms with E-state index < -0.39 is 12.7 Å². The van der Waals surface area contributed by atoms with Gasteiger partial charge in [0, 0.05) is 0 Å². The Morgan fingerprint density at radius 1 is 0.618 bits per heavy atom. The average Bonchev–Trinajstić information content (AvgIpc) is 2.90. The number of benzene rings is 4. The summed E-state index contributed by atoms with van der Waals surface area (Å²) in [7, 11) is 1.79. The summed E-state index contributed by atoms with van der Waals surface area (Å²) < 4.78 is 17.6. The van der Waals surface area contributed by atoms with Crippen molar-refractivity contribution < 1.29 is 24.3 Å². The van der Waals surface area contributed by atoms with Crippen LogP contribution >= 0.6 is 0 Å². The maximum atomic E-state index is 9.41. The summed E-state index contributed by atoms with van der Waals surface area (Å²) in [5.74, 6) is 1.53. The number of hydrogen-bond acceptors (Lipinski definition) is 5. The molecule has 0 aromatic heterocycles. The predicted octanol–water partition coefficient (Wildman–Crippen LogP) is 3.89. The summed E-state index contributed by atoms with van der Waals surface area (Å²) in [5, 5.41) is 18.8. The van der Waals surface area contributed by atoms with Crippen LogP contribution in [-0.2, 0) is 16.9 Å². The summed E-state index contributed by atoms with van der Waals surface area (Å²) in [6, 6.07) is 32.9. The van der Waals surface area contributed by atoms with Gasteiger partial charge in [0.25, 0.3) is 0 Å². The molecule has 0 heterocycles. The van der Waals surface area contributed by atoms with Crippen molar-refractivity contribution in [1.82, 2.24) is 0 Å². The first-order valence-corrected chi connectivity index (χ1v) is 11.0. The Bertz CT molecular complexity index is 1130. The van der Waals surface area contributed by atoms with E-state index in [9.17, 15) is 10.0 Å². The summed E-state index contributed by atoms with van der Waals surface area (Å²) >= 11 is 0. The van der Waals surface area contributed by atoms with Gasteiger partial charge in [-0.05, 0) is 52.0 Å². The topological polar surface area (TPSA) is 68.2 Å². The Morgan fingerprint density at radius 3 is 1.53 bits per heavy atom. The minimum Gasteiger partial charge on any atom is -0.497 e. The van der Waals surface area contributed by atoms with E-state index in [1.54, 1.807) is 26.4 Å². The highest BCUT2D eigenvalue weighted by Crippen LogP contribution is 2.42. The van der Waals surface area contributed by atoms with Gasteiger partial charge in [-0.2, -0.15) is 0 Å². The van der Waals surface area contributed by atoms with E-state index in [4.69, 9.17) is 14.2 Å². The van der Waals surface area contributed by atoms with Crippen LogP contribution < -0.4 is 14.9 Å². The van der Waals surface area contributed by atoms with E-state index in [0.29, 0.717) is 12.1 Å². The Hall–Kier alpha value is -3.58. The van der Waals surface area contributed by atoms with Crippen molar-refractivity contribution in [1.29, 1.82) is 0 Å². The smallest absolute Gasteiger partial charge is 0.488 e. The van der Waals surface area contributed by atoms with Gasteiger partial charge in [-0.15, -0.1) is 0 Å². The Balaban J connectivity index is 1.84. The maximum absolute atomic E-state index is 9.41. The molecule has 172 valence electrons. The van der Waals surface area contributed by atoms with Crippen LogP contribution in [0.2, 0.25) is 0 Å². The fourth-order valence-corrected chi connectivity index (χ4v) is 4.05. The molecule has 6 heteroatoms. The molecule has 34 heavy (non-hydrogen) atoms. The normalized spacial score (nSPS) is 11.2. The number of rotatable bonds is 9. The van der Waals surface area contributed by atoms with Crippen LogP contribution in [0.25, 0.3) is 0 Å². The second-order valence-electron chi connectivity index (χ2n) is 7.91. The van der Waals surface area contributed by atoms with Crippen LogP contribution in [-0.4, -0.2) is 31.4 Å². The molecule has 4 rings (SSSR count). The van der Waals surface area contributed by atoms with E-state index >= 15 is 0 Å². The molecule has 0 radical (unpaired) electrons. The number of ether oxygens (including phenoxy) is 3. The predicted molar refractivity (Wildman–Crippen MR) is 133 cm³/mol. The zero-order chi connectivity index (χ0) is 24.0. The molecule has 4 aromatic carbocycles. The molecule has 0 bridgehead atoms. The molecule has 0 saturated carbocycles. The Kier molecular flexibility index (Phi) is 7.33. The van der Waals surface area contributed by atoms with Crippen LogP contribution in [0.5, 0.6) is 11.5 Å². The number of hydrogen-bond donors (Lipinski definition) is 2. The molecule has 0 atom stereocenters. The van der Waals surface area contributed by atoms with E-state index in [1.807, 2.05) is 78.9 Å². The molecular formula is C28H27BO5. The summed E-state index contributed by atoms with van der Waals surface area (Å²) in [6.45, 7) is 0.300. The summed E-state index contributed by atoms with van der Waals surface area (Å²) in [4.78, 5) is 0. The molecule has 0 aliphatic rings. The second kappa shape index (κ2) is 10.6. The van der Waals surface area contributed by atoms with Crippen molar-refractivity contribution in [3.8, 4) is 11.5 Å². The van der Waals surface area contributed by atoms with Gasteiger partial charge in [-0.25, -0.2) is 0 Å². The zero-order valence-electron chi connectivity index (χ0n) is 19.2. The van der Waals surface area contributed by atoms with Crippen LogP contribution in [0.15, 0.2) is 103 Å². The lowest BCUT2D eigenvalue weighted by atomic mass is 9.79. The Labute approximate surface area is 200 Å². The third-order valence-corrected chi connectivity index (χ3v) is 5.91. The van der Waals surface area contributed by atoms with Gasteiger partial charge in [0.1, 0.15) is 17.1 Å². The highest BCUT2D eigenvalue weighted by molar-refractivity contribution is 6.58. The van der Waals surface area contributed by atoms with E-state index in [-0.39, 0.29) is 0 Å². The first-order valence-electron chi connectivity index (χ1n) is 11.0. The van der Waals surface area contributed by atoms with Crippen LogP contribution in [0.4, 0.5) is 0 Å². The number of methoxy groups -OCH3 is 2. The van der Waals surface area contributed by atoms with Gasteiger partial charge < -0.3 is 24.3 Å². The molecule has 0 unspecified atom stereocenters. The SMILES string of the molecule is COc1ccc(C(OCc2ccc(B(O)O)cc2)(c2ccccc2)c2ccc(OC)cc2)cc1. The van der Waals surface area contributed by atoms with Crippen LogP contribution in [0.3, 0.4) is 0 Å². The van der Waals surface area contributed by atoms with Gasteiger partial charge in [-0.3, -0.25) is 0 Å². The molecule has 0 saturated heterocycles. The van der Waals surface area contributed by atoms with Gasteiger partial charge in [-0.1, -0.05) is 78.9 Å². The molecular weight excluding hydrogens is 427 g/mol. The highest BCUT2D eigenvalue weighted by Gasteiger charge is 2.38. The molecule has 5 nitrogen and oxygen atoms in total. The van der Waals surface area contributed by atoms with Gasteiger partial charge >= 0.3 is 7.12 Å². The van der Waals surface area contributed by atoms with Crippen molar-refractivity contribution in [3.05, 3.63) is 125 Å². The van der Waals surface area contributed by atoms with Crippen LogP contribution in [0.1, 0.15) is 22.3 Å². The first kappa shape index (κ1) is 23.6. The highest BCUT2D eigenvalue weighted by atomic mass is 16.5. The minimum absolute atomic E-state index is 0.300. The molecule has 0 amide bonds. The average molecular weight is 454 g/mol. The largest absolute Gasteiger partial charge is 0.497 e. The zero-order valence-corrected chi connectivity index (χ0v) is 19.2. The lowest BCUT2D eigenvalue weighted by Crippen LogP contribution is -2.33. The quantitative estimate of drug-likeness (QED) is 0.297. The van der Waals surface area contributed by atoms with Crippen LogP contribution in [0, 0.1) is 0 Å². The fraction of sp³-hybridized carbons (Fsp3) is 0.143. The van der Waals surface area contributed by atoms with E-state index in [1.165, 1.54) is 0 Å². The van der Waals surface area contributed by atoms with Gasteiger partial charge in [0.2, 0.25) is 0 Å². The van der Waals surface area contributed by atoms with Crippen molar-refractivity contribution in [2.75, 3.05) is 14.2 Å². The van der Waals surface area contributed by atoms with Crippen molar-refractivity contribution >= 4 is 12.6 Å². The van der Waals surface area contributed by atoms with Crippen molar-refractivity contribution in [2.45, 2.75) is 12.2 Å². The third kappa shape index (κ3) is 4.85. The lowest BCUT2D eigenvalue weighted by molar-refractivity contribution is 0.000199. The molecule has 0 aliphatic carbocycles. The monoisotopic (exact) mass is 454 g/mol. The molecule has 2 N–H and O–H groups in total. The van der Waals surface area contributed by atoms with Crippen molar-refractivity contribution in [2.24, 2.45) is 0 Å². The molecule has 0 aliphatic heterocycles. The third-order valence-electron chi connectivity index (χ3n) is 5.91. The van der Waals surface area contributed by atoms with E-state index in [2.05, 4.69) is 12.1 Å². The summed E-state index contributed by atoms with van der Waals surface area (Å²) in [6.07, 6.45) is 0. The maximum Gasteiger partial charge on any atom is 0.488 e. The second-order valence-corrected chi connectivity index (χ2v) is 7.91. The Morgan fingerprint density at radius 2 is 1.09 bits per heavy atom.